The van der Waals surface area contributed by atoms with Crippen LogP contribution in [0.4, 0.5) is 23.1 Å². The first-order chi connectivity index (χ1) is 14.8. The van der Waals surface area contributed by atoms with Gasteiger partial charge in [0.05, 0.1) is 13.2 Å². The van der Waals surface area contributed by atoms with Gasteiger partial charge in [0.1, 0.15) is 11.8 Å². The van der Waals surface area contributed by atoms with Gasteiger partial charge in [-0.2, -0.15) is 4.98 Å². The lowest BCUT2D eigenvalue weighted by atomic mass is 10.2. The number of aromatic amines is 1. The zero-order valence-corrected chi connectivity index (χ0v) is 16.4. The summed E-state index contributed by atoms with van der Waals surface area (Å²) in [6.45, 7) is 4.01. The summed E-state index contributed by atoms with van der Waals surface area (Å²) < 4.78 is 5.42. The third-order valence-electron chi connectivity index (χ3n) is 4.98. The molecule has 9 heteroatoms. The minimum Gasteiger partial charge on any atom is -0.378 e. The molecule has 0 saturated carbocycles. The number of imidazole rings is 1. The van der Waals surface area contributed by atoms with E-state index in [0.29, 0.717) is 24.0 Å². The molecule has 0 radical (unpaired) electrons. The van der Waals surface area contributed by atoms with Gasteiger partial charge in [0.15, 0.2) is 11.5 Å². The zero-order chi connectivity index (χ0) is 20.2. The minimum atomic E-state index is 0.603. The fraction of sp³-hybridized carbons (Fsp3) is 0.238. The van der Waals surface area contributed by atoms with Gasteiger partial charge in [-0.3, -0.25) is 4.98 Å². The Balaban J connectivity index is 1.30. The lowest BCUT2D eigenvalue weighted by molar-refractivity contribution is 0.122. The summed E-state index contributed by atoms with van der Waals surface area (Å²) in [5.74, 6) is 1.32. The fourth-order valence-corrected chi connectivity index (χ4v) is 3.42. The average molecular weight is 402 g/mol. The molecule has 1 aliphatic heterocycles. The van der Waals surface area contributed by atoms with Gasteiger partial charge in [-0.1, -0.05) is 6.07 Å². The van der Waals surface area contributed by atoms with Crippen LogP contribution in [0, 0.1) is 0 Å². The van der Waals surface area contributed by atoms with E-state index in [1.165, 1.54) is 12.0 Å². The Kier molecular flexibility index (Phi) is 5.09. The Morgan fingerprint density at radius 1 is 1.07 bits per heavy atom. The number of morpholine rings is 1. The SMILES string of the molecule is c1cncc(CNc2ncnc3nc(Nc4ccc(N5CCOCC5)cc4)[nH]c23)c1. The van der Waals surface area contributed by atoms with Crippen LogP contribution in [0.5, 0.6) is 0 Å². The van der Waals surface area contributed by atoms with Crippen LogP contribution in [0.1, 0.15) is 5.56 Å². The predicted octanol–water partition coefficient (Wildman–Crippen LogP) is 2.94. The second-order valence-electron chi connectivity index (χ2n) is 6.99. The summed E-state index contributed by atoms with van der Waals surface area (Å²) in [5.41, 5.74) is 4.58. The molecule has 30 heavy (non-hydrogen) atoms. The highest BCUT2D eigenvalue weighted by Crippen LogP contribution is 2.24. The number of pyridine rings is 1. The summed E-state index contributed by atoms with van der Waals surface area (Å²) >= 11 is 0. The van der Waals surface area contributed by atoms with Gasteiger partial charge in [-0.05, 0) is 35.9 Å². The van der Waals surface area contributed by atoms with Gasteiger partial charge in [0.25, 0.3) is 0 Å². The highest BCUT2D eigenvalue weighted by atomic mass is 16.5. The Morgan fingerprint density at radius 2 is 1.93 bits per heavy atom. The number of nitrogens with zero attached hydrogens (tertiary/aromatic N) is 5. The zero-order valence-electron chi connectivity index (χ0n) is 16.4. The number of aromatic nitrogens is 5. The second-order valence-corrected chi connectivity index (χ2v) is 6.99. The maximum absolute atomic E-state index is 5.42. The first kappa shape index (κ1) is 18.3. The van der Waals surface area contributed by atoms with Gasteiger partial charge in [-0.15, -0.1) is 0 Å². The molecule has 1 aliphatic rings. The van der Waals surface area contributed by atoms with Crippen molar-refractivity contribution in [3.63, 3.8) is 0 Å². The van der Waals surface area contributed by atoms with Crippen molar-refractivity contribution in [2.75, 3.05) is 41.8 Å². The number of H-pyrrole nitrogens is 1. The van der Waals surface area contributed by atoms with Crippen LogP contribution in [-0.2, 0) is 11.3 Å². The monoisotopic (exact) mass is 402 g/mol. The molecule has 9 nitrogen and oxygen atoms in total. The molecule has 1 fully saturated rings. The standard InChI is InChI=1S/C21H22N8O/c1-2-15(12-22-7-1)13-23-19-18-20(25-14-24-19)28-21(27-18)26-16-3-5-17(6-4-16)29-8-10-30-11-9-29/h1-7,12,14H,8-11,13H2,(H3,23,24,25,26,27,28). The predicted molar refractivity (Wildman–Crippen MR) is 116 cm³/mol. The molecule has 0 unspecified atom stereocenters. The van der Waals surface area contributed by atoms with Crippen molar-refractivity contribution in [3.8, 4) is 0 Å². The summed E-state index contributed by atoms with van der Waals surface area (Å²) in [6.07, 6.45) is 5.09. The summed E-state index contributed by atoms with van der Waals surface area (Å²) in [7, 11) is 0. The van der Waals surface area contributed by atoms with Gasteiger partial charge < -0.3 is 25.3 Å². The molecular weight excluding hydrogens is 380 g/mol. The maximum atomic E-state index is 5.42. The molecule has 5 rings (SSSR count). The van der Waals surface area contributed by atoms with Crippen molar-refractivity contribution in [2.24, 2.45) is 0 Å². The molecule has 0 spiro atoms. The largest absolute Gasteiger partial charge is 0.378 e. The summed E-state index contributed by atoms with van der Waals surface area (Å²) in [5, 5.41) is 6.63. The lowest BCUT2D eigenvalue weighted by Gasteiger charge is -2.28. The van der Waals surface area contributed by atoms with E-state index < -0.39 is 0 Å². The van der Waals surface area contributed by atoms with Gasteiger partial charge >= 0.3 is 0 Å². The van der Waals surface area contributed by atoms with Crippen molar-refractivity contribution in [3.05, 3.63) is 60.7 Å². The molecule has 152 valence electrons. The Bertz CT molecular complexity index is 1110. The number of hydrogen-bond acceptors (Lipinski definition) is 8. The van der Waals surface area contributed by atoms with Crippen molar-refractivity contribution >= 4 is 34.3 Å². The topological polar surface area (TPSA) is 104 Å². The highest BCUT2D eigenvalue weighted by Gasteiger charge is 2.12. The molecular formula is C21H22N8O. The number of benzene rings is 1. The smallest absolute Gasteiger partial charge is 0.207 e. The molecule has 0 bridgehead atoms. The number of fused-ring (bicyclic) bond motifs is 1. The Labute approximate surface area is 173 Å². The normalized spacial score (nSPS) is 14.1. The van der Waals surface area contributed by atoms with E-state index in [0.717, 1.165) is 43.1 Å². The molecule has 1 aromatic carbocycles. The van der Waals surface area contributed by atoms with E-state index in [1.54, 1.807) is 6.20 Å². The van der Waals surface area contributed by atoms with Crippen LogP contribution >= 0.6 is 0 Å². The van der Waals surface area contributed by atoms with E-state index in [1.807, 2.05) is 30.5 Å². The fourth-order valence-electron chi connectivity index (χ4n) is 3.42. The Morgan fingerprint density at radius 3 is 2.73 bits per heavy atom. The van der Waals surface area contributed by atoms with Crippen molar-refractivity contribution in [1.82, 2.24) is 24.9 Å². The highest BCUT2D eigenvalue weighted by molar-refractivity contribution is 5.84. The molecule has 3 aromatic heterocycles. The average Bonchev–Trinajstić information content (AvgIpc) is 3.22. The number of rotatable bonds is 6. The number of nitrogens with one attached hydrogen (secondary N) is 3. The molecule has 1 saturated heterocycles. The maximum Gasteiger partial charge on any atom is 0.207 e. The van der Waals surface area contributed by atoms with E-state index in [2.05, 4.69) is 52.6 Å². The third kappa shape index (κ3) is 4.01. The second kappa shape index (κ2) is 8.34. The van der Waals surface area contributed by atoms with E-state index in [-0.39, 0.29) is 0 Å². The van der Waals surface area contributed by atoms with Gasteiger partial charge in [0.2, 0.25) is 5.95 Å². The van der Waals surface area contributed by atoms with Crippen molar-refractivity contribution in [1.29, 1.82) is 0 Å². The first-order valence-corrected chi connectivity index (χ1v) is 9.88. The first-order valence-electron chi connectivity index (χ1n) is 9.88. The van der Waals surface area contributed by atoms with Gasteiger partial charge in [0, 0.05) is 43.4 Å². The molecule has 4 heterocycles. The summed E-state index contributed by atoms with van der Waals surface area (Å²) in [4.78, 5) is 22.9. The van der Waals surface area contributed by atoms with Crippen LogP contribution in [0.3, 0.4) is 0 Å². The van der Waals surface area contributed by atoms with E-state index >= 15 is 0 Å². The van der Waals surface area contributed by atoms with Crippen LogP contribution in [0.15, 0.2) is 55.1 Å². The minimum absolute atomic E-state index is 0.603. The molecule has 0 atom stereocenters. The van der Waals surface area contributed by atoms with Gasteiger partial charge in [-0.25, -0.2) is 9.97 Å². The van der Waals surface area contributed by atoms with E-state index in [4.69, 9.17) is 4.74 Å². The molecule has 0 aliphatic carbocycles. The van der Waals surface area contributed by atoms with Crippen molar-refractivity contribution in [2.45, 2.75) is 6.54 Å². The molecule has 0 amide bonds. The van der Waals surface area contributed by atoms with Crippen LogP contribution in [0.2, 0.25) is 0 Å². The van der Waals surface area contributed by atoms with Crippen molar-refractivity contribution < 1.29 is 4.74 Å². The third-order valence-corrected chi connectivity index (χ3v) is 4.98. The lowest BCUT2D eigenvalue weighted by Crippen LogP contribution is -2.36. The molecule has 3 N–H and O–H groups in total. The van der Waals surface area contributed by atoms with E-state index in [9.17, 15) is 0 Å². The number of ether oxygens (including phenoxy) is 1. The Hall–Kier alpha value is -3.72. The summed E-state index contributed by atoms with van der Waals surface area (Å²) in [6, 6.07) is 12.2. The van der Waals surface area contributed by atoms with Crippen LogP contribution in [-0.4, -0.2) is 51.2 Å². The number of hydrogen-bond donors (Lipinski definition) is 3. The molecule has 4 aromatic rings. The van der Waals surface area contributed by atoms with Crippen LogP contribution in [0.25, 0.3) is 11.2 Å². The number of anilines is 4. The van der Waals surface area contributed by atoms with Crippen LogP contribution < -0.4 is 15.5 Å². The quantitative estimate of drug-likeness (QED) is 0.452.